The summed E-state index contributed by atoms with van der Waals surface area (Å²) >= 11 is 5.72. The Balaban J connectivity index is 2.39. The van der Waals surface area contributed by atoms with Crippen LogP contribution in [0.15, 0.2) is 58.0 Å². The SMILES string of the molecule is COCCOc1ccc(C(CI)(N=C=O)c2cccc(Br)c2)cc1. The first-order valence-electron chi connectivity index (χ1n) is 7.29. The van der Waals surface area contributed by atoms with Gasteiger partial charge >= 0.3 is 0 Å². The number of alkyl halides is 1. The van der Waals surface area contributed by atoms with Crippen LogP contribution >= 0.6 is 38.5 Å². The number of halogens is 2. The van der Waals surface area contributed by atoms with Crippen LogP contribution in [0, 0.1) is 0 Å². The second-order valence-corrected chi connectivity index (χ2v) is 6.75. The van der Waals surface area contributed by atoms with Gasteiger partial charge in [-0.15, -0.1) is 0 Å². The molecule has 1 atom stereocenters. The summed E-state index contributed by atoms with van der Waals surface area (Å²) in [6.07, 6.45) is 1.74. The summed E-state index contributed by atoms with van der Waals surface area (Å²) in [7, 11) is 1.64. The molecule has 0 aliphatic carbocycles. The largest absolute Gasteiger partial charge is 0.491 e. The van der Waals surface area contributed by atoms with E-state index in [1.54, 1.807) is 13.2 Å². The zero-order valence-corrected chi connectivity index (χ0v) is 16.9. The lowest BCUT2D eigenvalue weighted by molar-refractivity contribution is 0.146. The van der Waals surface area contributed by atoms with Gasteiger partial charge in [-0.1, -0.05) is 62.8 Å². The van der Waals surface area contributed by atoms with Crippen LogP contribution in [-0.2, 0) is 15.1 Å². The number of aliphatic imine (C=N–C) groups is 1. The van der Waals surface area contributed by atoms with Crippen LogP contribution in [0.1, 0.15) is 11.1 Å². The van der Waals surface area contributed by atoms with Gasteiger partial charge < -0.3 is 9.47 Å². The summed E-state index contributed by atoms with van der Waals surface area (Å²) in [5, 5.41) is 0. The van der Waals surface area contributed by atoms with Crippen LogP contribution in [0.4, 0.5) is 0 Å². The van der Waals surface area contributed by atoms with Gasteiger partial charge in [-0.3, -0.25) is 0 Å². The van der Waals surface area contributed by atoms with Gasteiger partial charge in [-0.05, 0) is 35.4 Å². The maximum absolute atomic E-state index is 11.1. The van der Waals surface area contributed by atoms with Crippen LogP contribution in [0.2, 0.25) is 0 Å². The maximum Gasteiger partial charge on any atom is 0.236 e. The molecule has 1 unspecified atom stereocenters. The lowest BCUT2D eigenvalue weighted by Crippen LogP contribution is -2.27. The number of ether oxygens (including phenoxy) is 2. The van der Waals surface area contributed by atoms with Crippen molar-refractivity contribution in [2.24, 2.45) is 4.99 Å². The lowest BCUT2D eigenvalue weighted by atomic mass is 9.85. The average molecular weight is 502 g/mol. The Morgan fingerprint density at radius 2 is 1.92 bits per heavy atom. The molecule has 2 aromatic carbocycles. The first-order chi connectivity index (χ1) is 11.7. The van der Waals surface area contributed by atoms with Crippen molar-refractivity contribution in [1.29, 1.82) is 0 Å². The molecule has 0 bridgehead atoms. The van der Waals surface area contributed by atoms with Gasteiger partial charge in [0.15, 0.2) is 0 Å². The summed E-state index contributed by atoms with van der Waals surface area (Å²) < 4.78 is 12.1. The normalized spacial score (nSPS) is 13.0. The highest BCUT2D eigenvalue weighted by Crippen LogP contribution is 2.37. The fourth-order valence-electron chi connectivity index (χ4n) is 2.37. The predicted molar refractivity (Wildman–Crippen MR) is 106 cm³/mol. The van der Waals surface area contributed by atoms with Gasteiger partial charge in [0, 0.05) is 16.0 Å². The molecule has 2 aromatic rings. The van der Waals surface area contributed by atoms with E-state index >= 15 is 0 Å². The molecule has 4 nitrogen and oxygen atoms in total. The highest BCUT2D eigenvalue weighted by Gasteiger charge is 2.33. The zero-order valence-electron chi connectivity index (χ0n) is 13.2. The number of rotatable bonds is 8. The van der Waals surface area contributed by atoms with Crippen molar-refractivity contribution < 1.29 is 14.3 Å². The molecular weight excluding hydrogens is 485 g/mol. The van der Waals surface area contributed by atoms with E-state index in [0.717, 1.165) is 21.3 Å². The number of hydrogen-bond acceptors (Lipinski definition) is 4. The molecule has 0 aliphatic heterocycles. The molecule has 24 heavy (non-hydrogen) atoms. The Hall–Kier alpha value is -1.21. The van der Waals surface area contributed by atoms with Crippen molar-refractivity contribution in [1.82, 2.24) is 0 Å². The van der Waals surface area contributed by atoms with E-state index in [1.807, 2.05) is 48.5 Å². The van der Waals surface area contributed by atoms with E-state index in [0.29, 0.717) is 17.6 Å². The minimum atomic E-state index is -0.767. The Morgan fingerprint density at radius 3 is 2.50 bits per heavy atom. The number of isocyanates is 1. The van der Waals surface area contributed by atoms with Crippen LogP contribution < -0.4 is 4.74 Å². The standard InChI is InChI=1S/C18H17BrINO3/c1-23-9-10-24-17-7-5-14(6-8-17)18(12-20,21-13-22)15-3-2-4-16(19)11-15/h2-8,11H,9-10,12H2,1H3. The van der Waals surface area contributed by atoms with E-state index in [4.69, 9.17) is 9.47 Å². The molecule has 126 valence electrons. The summed E-state index contributed by atoms with van der Waals surface area (Å²) in [5.41, 5.74) is 1.08. The fourth-order valence-corrected chi connectivity index (χ4v) is 3.82. The Morgan fingerprint density at radius 1 is 1.17 bits per heavy atom. The molecular formula is C18H17BrINO3. The fraction of sp³-hybridized carbons (Fsp3) is 0.278. The minimum absolute atomic E-state index is 0.491. The van der Waals surface area contributed by atoms with Gasteiger partial charge in [-0.2, -0.15) is 4.99 Å². The van der Waals surface area contributed by atoms with E-state index in [-0.39, 0.29) is 0 Å². The number of benzene rings is 2. The first-order valence-corrected chi connectivity index (χ1v) is 9.61. The number of carbonyl (C=O) groups excluding carboxylic acids is 1. The Kier molecular flexibility index (Phi) is 7.42. The molecule has 0 saturated carbocycles. The van der Waals surface area contributed by atoms with Crippen molar-refractivity contribution in [3.63, 3.8) is 0 Å². The third-order valence-corrected chi connectivity index (χ3v) is 5.22. The number of methoxy groups -OCH3 is 1. The third-order valence-electron chi connectivity index (χ3n) is 3.62. The lowest BCUT2D eigenvalue weighted by Gasteiger charge is -2.27. The maximum atomic E-state index is 11.1. The smallest absolute Gasteiger partial charge is 0.236 e. The van der Waals surface area contributed by atoms with Gasteiger partial charge in [0.2, 0.25) is 6.08 Å². The minimum Gasteiger partial charge on any atom is -0.491 e. The molecule has 0 spiro atoms. The van der Waals surface area contributed by atoms with Crippen LogP contribution in [0.25, 0.3) is 0 Å². The Bertz CT molecular complexity index is 716. The molecule has 0 amide bonds. The van der Waals surface area contributed by atoms with E-state index < -0.39 is 5.54 Å². The highest BCUT2D eigenvalue weighted by atomic mass is 127. The molecule has 0 saturated heterocycles. The van der Waals surface area contributed by atoms with Crippen molar-refractivity contribution in [2.45, 2.75) is 5.54 Å². The number of hydrogen-bond donors (Lipinski definition) is 0. The number of nitrogens with zero attached hydrogens (tertiary/aromatic N) is 1. The van der Waals surface area contributed by atoms with E-state index in [9.17, 15) is 4.79 Å². The molecule has 0 aromatic heterocycles. The van der Waals surface area contributed by atoms with E-state index in [1.165, 1.54) is 0 Å². The predicted octanol–water partition coefficient (Wildman–Crippen LogP) is 4.49. The average Bonchev–Trinajstić information content (AvgIpc) is 2.61. The monoisotopic (exact) mass is 501 g/mol. The van der Waals surface area contributed by atoms with Crippen molar-refractivity contribution >= 4 is 44.6 Å². The van der Waals surface area contributed by atoms with Crippen LogP contribution in [0.3, 0.4) is 0 Å². The van der Waals surface area contributed by atoms with Gasteiger partial charge in [0.25, 0.3) is 0 Å². The Labute approximate surface area is 163 Å². The molecule has 6 heteroatoms. The third kappa shape index (κ3) is 4.45. The van der Waals surface area contributed by atoms with Gasteiger partial charge in [0.1, 0.15) is 17.9 Å². The van der Waals surface area contributed by atoms with Crippen molar-refractivity contribution in [3.8, 4) is 5.75 Å². The second-order valence-electron chi connectivity index (χ2n) is 5.07. The van der Waals surface area contributed by atoms with Gasteiger partial charge in [-0.25, -0.2) is 4.79 Å². The summed E-state index contributed by atoms with van der Waals surface area (Å²) in [6.45, 7) is 1.03. The van der Waals surface area contributed by atoms with Gasteiger partial charge in [0.05, 0.1) is 6.61 Å². The first kappa shape index (κ1) is 19.1. The van der Waals surface area contributed by atoms with Crippen LogP contribution in [-0.4, -0.2) is 30.8 Å². The molecule has 0 heterocycles. The molecule has 0 radical (unpaired) electrons. The summed E-state index contributed by atoms with van der Waals surface area (Å²) in [4.78, 5) is 15.3. The second kappa shape index (κ2) is 9.32. The molecule has 2 rings (SSSR count). The quantitative estimate of drug-likeness (QED) is 0.176. The van der Waals surface area contributed by atoms with E-state index in [2.05, 4.69) is 43.5 Å². The molecule has 0 aliphatic rings. The highest BCUT2D eigenvalue weighted by molar-refractivity contribution is 14.1. The summed E-state index contributed by atoms with van der Waals surface area (Å²) in [5.74, 6) is 0.752. The topological polar surface area (TPSA) is 47.9 Å². The van der Waals surface area contributed by atoms with Crippen molar-refractivity contribution in [2.75, 3.05) is 24.8 Å². The van der Waals surface area contributed by atoms with Crippen molar-refractivity contribution in [3.05, 3.63) is 64.1 Å². The van der Waals surface area contributed by atoms with Crippen LogP contribution in [0.5, 0.6) is 5.75 Å². The summed E-state index contributed by atoms with van der Waals surface area (Å²) in [6, 6.07) is 15.4. The zero-order chi connectivity index (χ0) is 17.4. The molecule has 0 N–H and O–H groups in total. The molecule has 0 fully saturated rings.